The van der Waals surface area contributed by atoms with Crippen molar-refractivity contribution in [1.29, 1.82) is 0 Å². The van der Waals surface area contributed by atoms with E-state index in [1.807, 2.05) is 84.9 Å². The van der Waals surface area contributed by atoms with Crippen LogP contribution in [-0.2, 0) is 10.8 Å². The van der Waals surface area contributed by atoms with Gasteiger partial charge in [-0.05, 0) is 141 Å². The molecule has 0 spiro atoms. The van der Waals surface area contributed by atoms with Crippen LogP contribution in [0.15, 0.2) is 242 Å². The summed E-state index contributed by atoms with van der Waals surface area (Å²) < 4.78 is 111. The van der Waals surface area contributed by atoms with Crippen LogP contribution in [-0.4, -0.2) is 8.80 Å². The zero-order valence-corrected chi connectivity index (χ0v) is 44.0. The van der Waals surface area contributed by atoms with E-state index >= 15 is 0 Å². The fourth-order valence-corrected chi connectivity index (χ4v) is 12.0. The number of nitrogens with zero attached hydrogens (tertiary/aromatic N) is 4. The molecular weight excluding hydrogens is 945 g/mol. The number of hydrogen-bond donors (Lipinski definition) is 0. The van der Waals surface area contributed by atoms with Crippen LogP contribution in [0.5, 0.6) is 0 Å². The Labute approximate surface area is 471 Å². The summed E-state index contributed by atoms with van der Waals surface area (Å²) in [4.78, 5) is 4.36. The lowest BCUT2D eigenvalue weighted by Crippen LogP contribution is -2.11. The molecule has 15 rings (SSSR count). The predicted molar refractivity (Wildman–Crippen MR) is 333 cm³/mol. The van der Waals surface area contributed by atoms with Gasteiger partial charge >= 0.3 is 0 Å². The molecule has 0 amide bonds. The summed E-state index contributed by atoms with van der Waals surface area (Å²) in [5, 5.41) is 6.76. The Kier molecular flexibility index (Phi) is 7.67. The summed E-state index contributed by atoms with van der Waals surface area (Å²) in [6.07, 6.45) is 0. The van der Waals surface area contributed by atoms with Crippen molar-refractivity contribution in [3.05, 3.63) is 253 Å². The SMILES string of the molecule is [2H]c1c([2H])c([2H])c(-c2ccc(N(c3ccccc3)c3ccc4c5c([2H])c6c(c([2H])c5n5c7ccc(C(C)(C)C)cc7c3c45)c3ccc(N(c4ccccc4)c4ccc(-c5c([2H])c([2H])c([2H])c([2H])c5[2H])cc4)c4c5cc(C(C)(C)C)ccc5n6c34)cc2)c([2H])c1[2H]. The fourth-order valence-electron chi connectivity index (χ4n) is 12.0. The van der Waals surface area contributed by atoms with Gasteiger partial charge in [-0.2, -0.15) is 0 Å². The van der Waals surface area contributed by atoms with Crippen molar-refractivity contribution >= 4 is 110 Å². The van der Waals surface area contributed by atoms with Gasteiger partial charge in [0.2, 0.25) is 0 Å². The molecule has 0 bridgehead atoms. The first-order valence-electron chi connectivity index (χ1n) is 32.4. The van der Waals surface area contributed by atoms with Crippen molar-refractivity contribution in [2.75, 3.05) is 9.80 Å². The minimum absolute atomic E-state index is 0.123. The van der Waals surface area contributed by atoms with Crippen molar-refractivity contribution in [3.8, 4) is 22.3 Å². The molecule has 78 heavy (non-hydrogen) atoms. The fraction of sp³-hybridized carbons (Fsp3) is 0.108. The zero-order chi connectivity index (χ0) is 63.0. The number of para-hydroxylation sites is 2. The number of aromatic nitrogens is 2. The van der Waals surface area contributed by atoms with Gasteiger partial charge in [0, 0.05) is 65.8 Å². The maximum Gasteiger partial charge on any atom is 0.0653 e. The average molecular weight is 1020 g/mol. The standard InChI is InChI=1S/C74H58N4/c1-73(2,3)51-31-39-63-61(43-51)69-65(75(53-23-15-9-16-24-53)55-33-27-49(28-34-55)47-19-11-7-12-20-47)41-37-57-59-46-68-60(45-67(59)77(63)71(57)69)58-38-42-66(70-62-44-52(74(4,5)6)32-40-64(62)78(68)72(58)70)76(54-25-17-10-18-26-54)56-35-29-50(30-36-56)48-21-13-8-14-22-48/h7-46H,1-6H3/i7D,8D,11D,12D,13D,14D,19D,20D,21D,22D,45D,46D. The van der Waals surface area contributed by atoms with Crippen molar-refractivity contribution in [2.24, 2.45) is 0 Å². The molecule has 0 saturated carbocycles. The van der Waals surface area contributed by atoms with E-state index in [0.717, 1.165) is 99.6 Å². The third-order valence-corrected chi connectivity index (χ3v) is 15.8. The summed E-state index contributed by atoms with van der Waals surface area (Å²) >= 11 is 0. The Morgan fingerprint density at radius 2 is 0.705 bits per heavy atom. The van der Waals surface area contributed by atoms with E-state index in [4.69, 9.17) is 13.7 Å². The van der Waals surface area contributed by atoms with E-state index in [0.29, 0.717) is 32.9 Å². The normalized spacial score (nSPS) is 14.6. The van der Waals surface area contributed by atoms with Gasteiger partial charge in [-0.15, -0.1) is 0 Å². The second-order valence-electron chi connectivity index (χ2n) is 22.5. The first-order valence-corrected chi connectivity index (χ1v) is 26.4. The van der Waals surface area contributed by atoms with Crippen LogP contribution in [0.1, 0.15) is 69.1 Å². The van der Waals surface area contributed by atoms with E-state index in [2.05, 4.69) is 121 Å². The van der Waals surface area contributed by atoms with Crippen molar-refractivity contribution < 1.29 is 16.4 Å². The van der Waals surface area contributed by atoms with Crippen LogP contribution in [0.4, 0.5) is 34.1 Å². The van der Waals surface area contributed by atoms with Crippen LogP contribution in [0, 0.1) is 0 Å². The third-order valence-electron chi connectivity index (χ3n) is 15.8. The first kappa shape index (κ1) is 35.0. The molecule has 0 atom stereocenters. The molecule has 0 aliphatic rings. The molecule has 15 aromatic rings. The number of benzene rings is 11. The minimum atomic E-state index is -0.446. The maximum absolute atomic E-state index is 10.8. The van der Waals surface area contributed by atoms with E-state index in [1.54, 1.807) is 24.3 Å². The predicted octanol–water partition coefficient (Wildman–Crippen LogP) is 20.9. The lowest BCUT2D eigenvalue weighted by Gasteiger charge is -2.27. The van der Waals surface area contributed by atoms with Crippen LogP contribution in [0.25, 0.3) is 98.4 Å². The molecule has 4 heterocycles. The van der Waals surface area contributed by atoms with Crippen LogP contribution >= 0.6 is 0 Å². The molecule has 0 saturated heterocycles. The van der Waals surface area contributed by atoms with Gasteiger partial charge in [0.25, 0.3) is 0 Å². The summed E-state index contributed by atoms with van der Waals surface area (Å²) in [5.74, 6) is 0. The second kappa shape index (κ2) is 17.1. The quantitative estimate of drug-likeness (QED) is 0.151. The molecule has 374 valence electrons. The van der Waals surface area contributed by atoms with Crippen LogP contribution < -0.4 is 9.80 Å². The molecule has 0 fully saturated rings. The minimum Gasteiger partial charge on any atom is -0.310 e. The summed E-state index contributed by atoms with van der Waals surface area (Å²) in [6, 6.07) is 53.6. The summed E-state index contributed by atoms with van der Waals surface area (Å²) in [7, 11) is 0. The lowest BCUT2D eigenvalue weighted by molar-refractivity contribution is 0.591. The Morgan fingerprint density at radius 3 is 1.08 bits per heavy atom. The highest BCUT2D eigenvalue weighted by molar-refractivity contribution is 6.32. The number of anilines is 6. The highest BCUT2D eigenvalue weighted by Gasteiger charge is 2.30. The number of hydrogen-bond acceptors (Lipinski definition) is 2. The average Bonchev–Trinajstić information content (AvgIpc) is 1.51. The molecule has 4 nitrogen and oxygen atoms in total. The largest absolute Gasteiger partial charge is 0.310 e. The third kappa shape index (κ3) is 6.99. The van der Waals surface area contributed by atoms with Gasteiger partial charge in [0.15, 0.2) is 0 Å². The zero-order valence-electron chi connectivity index (χ0n) is 56.0. The van der Waals surface area contributed by atoms with Crippen LogP contribution in [0.2, 0.25) is 0 Å². The Morgan fingerprint density at radius 1 is 0.333 bits per heavy atom. The first-order chi connectivity index (χ1) is 43.0. The van der Waals surface area contributed by atoms with Gasteiger partial charge in [-0.1, -0.05) is 187 Å². The number of fused-ring (bicyclic) bond motifs is 12. The van der Waals surface area contributed by atoms with E-state index in [1.165, 1.54) is 0 Å². The molecule has 0 aliphatic heterocycles. The van der Waals surface area contributed by atoms with Gasteiger partial charge < -0.3 is 18.6 Å². The van der Waals surface area contributed by atoms with E-state index in [9.17, 15) is 2.74 Å². The van der Waals surface area contributed by atoms with Crippen molar-refractivity contribution in [2.45, 2.75) is 52.4 Å². The lowest BCUT2D eigenvalue weighted by atomic mass is 9.86. The molecule has 4 aromatic heterocycles. The molecule has 4 heteroatoms. The molecule has 0 N–H and O–H groups in total. The van der Waals surface area contributed by atoms with Crippen LogP contribution in [0.3, 0.4) is 0 Å². The van der Waals surface area contributed by atoms with Gasteiger partial charge in [0.1, 0.15) is 0 Å². The van der Waals surface area contributed by atoms with E-state index in [-0.39, 0.29) is 58.2 Å². The van der Waals surface area contributed by atoms with E-state index < -0.39 is 36.3 Å². The molecule has 0 aliphatic carbocycles. The second-order valence-corrected chi connectivity index (χ2v) is 22.5. The Bertz CT molecular complexity index is 5110. The molecule has 0 radical (unpaired) electrons. The Balaban J connectivity index is 1.01. The molecular formula is C74H58N4. The summed E-state index contributed by atoms with van der Waals surface area (Å²) in [6.45, 7) is 13.2. The maximum atomic E-state index is 10.8. The topological polar surface area (TPSA) is 15.3 Å². The Hall–Kier alpha value is -9.38. The van der Waals surface area contributed by atoms with Crippen molar-refractivity contribution in [3.63, 3.8) is 0 Å². The smallest absolute Gasteiger partial charge is 0.0653 e. The van der Waals surface area contributed by atoms with Gasteiger partial charge in [0.05, 0.1) is 60.9 Å². The summed E-state index contributed by atoms with van der Waals surface area (Å²) in [5.41, 5.74) is 12.7. The van der Waals surface area contributed by atoms with Gasteiger partial charge in [-0.3, -0.25) is 0 Å². The monoisotopic (exact) mass is 1010 g/mol. The molecule has 11 aromatic carbocycles. The van der Waals surface area contributed by atoms with Crippen molar-refractivity contribution in [1.82, 2.24) is 8.80 Å². The highest BCUT2D eigenvalue weighted by Crippen LogP contribution is 2.52. The molecule has 0 unspecified atom stereocenters. The van der Waals surface area contributed by atoms with Gasteiger partial charge in [-0.25, -0.2) is 0 Å². The highest BCUT2D eigenvalue weighted by atomic mass is 15.2. The number of rotatable bonds is 8.